The van der Waals surface area contributed by atoms with Crippen LogP contribution in [0.15, 0.2) is 18.3 Å². The van der Waals surface area contributed by atoms with Crippen molar-refractivity contribution >= 4 is 29.4 Å². The largest absolute Gasteiger partial charge is 0.444 e. The summed E-state index contributed by atoms with van der Waals surface area (Å²) in [6, 6.07) is -0.0596. The van der Waals surface area contributed by atoms with Crippen LogP contribution >= 0.6 is 0 Å². The average molecular weight is 509 g/mol. The molecule has 2 aromatic rings. The fourth-order valence-corrected chi connectivity index (χ4v) is 4.22. The third-order valence-electron chi connectivity index (χ3n) is 5.85. The van der Waals surface area contributed by atoms with Crippen LogP contribution in [0.2, 0.25) is 0 Å². The monoisotopic (exact) mass is 508 g/mol. The molecule has 36 heavy (non-hydrogen) atoms. The number of rotatable bonds is 3. The van der Waals surface area contributed by atoms with Gasteiger partial charge < -0.3 is 25.2 Å². The molecule has 0 spiro atoms. The smallest absolute Gasteiger partial charge is 0.407 e. The van der Waals surface area contributed by atoms with E-state index in [0.717, 1.165) is 0 Å². The Morgan fingerprint density at radius 1 is 1.14 bits per heavy atom. The van der Waals surface area contributed by atoms with Gasteiger partial charge in [-0.25, -0.2) is 22.8 Å². The molecule has 0 bridgehead atoms. The topological polar surface area (TPSA) is 109 Å². The van der Waals surface area contributed by atoms with Crippen molar-refractivity contribution in [1.82, 2.24) is 20.0 Å². The molecule has 4 amide bonds. The quantitative estimate of drug-likeness (QED) is 0.618. The summed E-state index contributed by atoms with van der Waals surface area (Å²) in [5, 5.41) is 9.43. The minimum absolute atomic E-state index is 0.0580. The zero-order chi connectivity index (χ0) is 26.4. The van der Waals surface area contributed by atoms with Crippen LogP contribution in [0.5, 0.6) is 0 Å². The molecule has 1 fully saturated rings. The molecule has 1 aromatic heterocycles. The van der Waals surface area contributed by atoms with Gasteiger partial charge in [0.2, 0.25) is 5.91 Å². The average Bonchev–Trinajstić information content (AvgIpc) is 3.31. The van der Waals surface area contributed by atoms with Gasteiger partial charge in [-0.2, -0.15) is 5.10 Å². The van der Waals surface area contributed by atoms with E-state index in [1.165, 1.54) is 16.0 Å². The van der Waals surface area contributed by atoms with Gasteiger partial charge in [0, 0.05) is 30.8 Å². The number of hydrogen-bond donors (Lipinski definition) is 2. The van der Waals surface area contributed by atoms with Gasteiger partial charge in [0.15, 0.2) is 17.5 Å². The van der Waals surface area contributed by atoms with Crippen LogP contribution in [0, 0.1) is 17.5 Å². The number of benzene rings is 1. The maximum atomic E-state index is 13.6. The van der Waals surface area contributed by atoms with E-state index in [1.54, 1.807) is 32.4 Å². The summed E-state index contributed by atoms with van der Waals surface area (Å²) in [4.78, 5) is 40.7. The van der Waals surface area contributed by atoms with E-state index in [4.69, 9.17) is 4.74 Å². The molecule has 4 rings (SSSR count). The second-order valence-electron chi connectivity index (χ2n) is 9.87. The van der Waals surface area contributed by atoms with E-state index in [0.29, 0.717) is 30.1 Å². The second-order valence-corrected chi connectivity index (χ2v) is 9.87. The van der Waals surface area contributed by atoms with Crippen LogP contribution in [0.25, 0.3) is 0 Å². The van der Waals surface area contributed by atoms with Crippen LogP contribution < -0.4 is 15.5 Å². The number of carbonyl (C=O) groups is 3. The molecular weight excluding hydrogens is 481 g/mol. The van der Waals surface area contributed by atoms with E-state index in [1.807, 2.05) is 0 Å². The van der Waals surface area contributed by atoms with E-state index in [-0.39, 0.29) is 37.1 Å². The number of nitrogens with zero attached hydrogens (tertiary/aromatic N) is 4. The Morgan fingerprint density at radius 2 is 1.81 bits per heavy atom. The number of carbonyl (C=O) groups excluding carboxylic acids is 3. The number of hydrogen-bond acceptors (Lipinski definition) is 5. The lowest BCUT2D eigenvalue weighted by Crippen LogP contribution is -2.47. The van der Waals surface area contributed by atoms with Crippen LogP contribution in [-0.2, 0) is 22.6 Å². The number of amides is 4. The highest BCUT2D eigenvalue weighted by Crippen LogP contribution is 2.30. The van der Waals surface area contributed by atoms with E-state index in [2.05, 4.69) is 15.7 Å². The first kappa shape index (κ1) is 25.3. The third-order valence-corrected chi connectivity index (χ3v) is 5.85. The molecule has 194 valence electrons. The number of fused-ring (bicyclic) bond motifs is 1. The third kappa shape index (κ3) is 5.24. The minimum atomic E-state index is -1.62. The van der Waals surface area contributed by atoms with Crippen molar-refractivity contribution in [3.63, 3.8) is 0 Å². The molecule has 13 heteroatoms. The molecule has 2 atom stereocenters. The van der Waals surface area contributed by atoms with Gasteiger partial charge in [-0.3, -0.25) is 9.48 Å². The van der Waals surface area contributed by atoms with Crippen LogP contribution in [0.1, 0.15) is 39.8 Å². The molecule has 1 unspecified atom stereocenters. The summed E-state index contributed by atoms with van der Waals surface area (Å²) >= 11 is 0. The zero-order valence-electron chi connectivity index (χ0n) is 20.3. The van der Waals surface area contributed by atoms with Crippen molar-refractivity contribution in [2.75, 3.05) is 16.8 Å². The molecule has 3 heterocycles. The number of aromatic nitrogens is 2. The molecule has 0 saturated carbocycles. The summed E-state index contributed by atoms with van der Waals surface area (Å²) in [6.45, 7) is 7.57. The minimum Gasteiger partial charge on any atom is -0.444 e. The predicted molar refractivity (Wildman–Crippen MR) is 123 cm³/mol. The number of alkyl carbamates (subject to hydrolysis) is 1. The molecule has 0 aliphatic carbocycles. The van der Waals surface area contributed by atoms with Gasteiger partial charge in [0.05, 0.1) is 42.8 Å². The Balaban J connectivity index is 1.47. The predicted octanol–water partition coefficient (Wildman–Crippen LogP) is 3.37. The molecule has 2 aliphatic heterocycles. The lowest BCUT2D eigenvalue weighted by atomic mass is 10.2. The number of nitrogens with one attached hydrogen (secondary N) is 2. The number of anilines is 2. The van der Waals surface area contributed by atoms with E-state index < -0.39 is 41.2 Å². The van der Waals surface area contributed by atoms with Crippen LogP contribution in [0.4, 0.5) is 34.1 Å². The summed E-state index contributed by atoms with van der Waals surface area (Å²) in [5.74, 6) is -4.68. The highest BCUT2D eigenvalue weighted by Gasteiger charge is 2.37. The number of urea groups is 1. The Bertz CT molecular complexity index is 1190. The van der Waals surface area contributed by atoms with Gasteiger partial charge in [-0.1, -0.05) is 0 Å². The van der Waals surface area contributed by atoms with Gasteiger partial charge in [0.1, 0.15) is 5.60 Å². The highest BCUT2D eigenvalue weighted by atomic mass is 19.2. The Morgan fingerprint density at radius 3 is 2.44 bits per heavy atom. The van der Waals surface area contributed by atoms with Crippen molar-refractivity contribution in [3.05, 3.63) is 41.5 Å². The summed E-state index contributed by atoms with van der Waals surface area (Å²) < 4.78 is 47.3. The number of halogens is 3. The Hall–Kier alpha value is -3.77. The van der Waals surface area contributed by atoms with Crippen molar-refractivity contribution < 1.29 is 32.3 Å². The normalized spacial score (nSPS) is 19.8. The summed E-state index contributed by atoms with van der Waals surface area (Å²) in [7, 11) is 0. The first-order chi connectivity index (χ1) is 16.8. The SMILES string of the molecule is C[C@H]1Cn2ncc(N3CC(NC(=O)OC(C)(C)C)CC3=O)c2CN1C(=O)Nc1cc(F)c(F)c(F)c1. The van der Waals surface area contributed by atoms with Gasteiger partial charge in [-0.15, -0.1) is 0 Å². The first-order valence-electron chi connectivity index (χ1n) is 11.4. The summed E-state index contributed by atoms with van der Waals surface area (Å²) in [6.07, 6.45) is 0.984. The molecule has 0 radical (unpaired) electrons. The van der Waals surface area contributed by atoms with Gasteiger partial charge >= 0.3 is 12.1 Å². The van der Waals surface area contributed by atoms with Crippen molar-refractivity contribution in [1.29, 1.82) is 0 Å². The molecule has 10 nitrogen and oxygen atoms in total. The molecular formula is C23H27F3N6O4. The maximum Gasteiger partial charge on any atom is 0.407 e. The molecule has 2 N–H and O–H groups in total. The fraction of sp³-hybridized carbons (Fsp3) is 0.478. The molecule has 1 saturated heterocycles. The van der Waals surface area contributed by atoms with E-state index in [9.17, 15) is 27.6 Å². The lowest BCUT2D eigenvalue weighted by Gasteiger charge is -2.35. The zero-order valence-corrected chi connectivity index (χ0v) is 20.3. The molecule has 1 aromatic carbocycles. The van der Waals surface area contributed by atoms with Crippen molar-refractivity contribution in [3.8, 4) is 0 Å². The lowest BCUT2D eigenvalue weighted by molar-refractivity contribution is -0.117. The molecule has 2 aliphatic rings. The van der Waals surface area contributed by atoms with Crippen molar-refractivity contribution in [2.45, 2.75) is 64.9 Å². The standard InChI is InChI=1S/C23H27F3N6O4/c1-12-9-32-18(11-30(12)21(34)28-13-5-15(24)20(26)16(25)6-13)17(8-27-32)31-10-14(7-19(31)33)29-22(35)36-23(2,3)4/h5-6,8,12,14H,7,9-11H2,1-4H3,(H,28,34)(H,29,35)/t12-,14?/m0/s1. The number of ether oxygens (including phenoxy) is 1. The van der Waals surface area contributed by atoms with Gasteiger partial charge in [-0.05, 0) is 27.7 Å². The van der Waals surface area contributed by atoms with Crippen LogP contribution in [-0.4, -0.2) is 56.9 Å². The Kier molecular flexibility index (Phi) is 6.58. The fourth-order valence-electron chi connectivity index (χ4n) is 4.22. The van der Waals surface area contributed by atoms with Gasteiger partial charge in [0.25, 0.3) is 0 Å². The second kappa shape index (κ2) is 9.36. The highest BCUT2D eigenvalue weighted by molar-refractivity contribution is 5.97. The first-order valence-corrected chi connectivity index (χ1v) is 11.4. The maximum absolute atomic E-state index is 13.6. The summed E-state index contributed by atoms with van der Waals surface area (Å²) in [5.41, 5.74) is 0.181. The van der Waals surface area contributed by atoms with E-state index >= 15 is 0 Å². The van der Waals surface area contributed by atoms with Crippen LogP contribution in [0.3, 0.4) is 0 Å². The Labute approximate surface area is 205 Å². The van der Waals surface area contributed by atoms with Crippen molar-refractivity contribution in [2.24, 2.45) is 0 Å².